The molecular weight excluding hydrogens is 234 g/mol. The van der Waals surface area contributed by atoms with E-state index < -0.39 is 0 Å². The number of aryl methyl sites for hydroxylation is 2. The first-order valence-corrected chi connectivity index (χ1v) is 6.19. The van der Waals surface area contributed by atoms with Crippen LogP contribution in [-0.4, -0.2) is 15.2 Å². The summed E-state index contributed by atoms with van der Waals surface area (Å²) in [5.41, 5.74) is 3.14. The molecular formula is C13H12ClN3. The molecule has 3 nitrogen and oxygen atoms in total. The van der Waals surface area contributed by atoms with Crippen molar-refractivity contribution in [3.8, 4) is 11.4 Å². The van der Waals surface area contributed by atoms with E-state index in [0.29, 0.717) is 5.82 Å². The molecule has 0 fully saturated rings. The fourth-order valence-corrected chi connectivity index (χ4v) is 2.21. The average molecular weight is 246 g/mol. The van der Waals surface area contributed by atoms with Crippen molar-refractivity contribution in [3.05, 3.63) is 40.7 Å². The number of benzene rings is 1. The third-order valence-electron chi connectivity index (χ3n) is 3.02. The summed E-state index contributed by atoms with van der Waals surface area (Å²) in [7, 11) is 0. The van der Waals surface area contributed by atoms with Gasteiger partial charge in [0, 0.05) is 10.6 Å². The van der Waals surface area contributed by atoms with Crippen LogP contribution in [-0.2, 0) is 12.8 Å². The summed E-state index contributed by atoms with van der Waals surface area (Å²) in [6, 6.07) is 7.54. The Balaban J connectivity index is 2.01. The molecule has 0 bridgehead atoms. The fourth-order valence-electron chi connectivity index (χ4n) is 2.08. The Labute approximate surface area is 105 Å². The highest BCUT2D eigenvalue weighted by Crippen LogP contribution is 2.21. The summed E-state index contributed by atoms with van der Waals surface area (Å²) in [5, 5.41) is 9.18. The fraction of sp³-hybridized carbons (Fsp3) is 0.308. The van der Waals surface area contributed by atoms with Gasteiger partial charge in [-0.05, 0) is 49.9 Å². The summed E-state index contributed by atoms with van der Waals surface area (Å²) >= 11 is 5.86. The van der Waals surface area contributed by atoms with Crippen LogP contribution in [0.4, 0.5) is 0 Å². The molecule has 0 saturated carbocycles. The minimum Gasteiger partial charge on any atom is -0.230 e. The minimum absolute atomic E-state index is 0.697. The zero-order valence-electron chi connectivity index (χ0n) is 9.36. The number of nitrogens with zero attached hydrogens (tertiary/aromatic N) is 3. The molecule has 2 aromatic rings. The molecule has 0 radical (unpaired) electrons. The van der Waals surface area contributed by atoms with E-state index >= 15 is 0 Å². The first-order valence-electron chi connectivity index (χ1n) is 5.81. The number of hydrogen-bond donors (Lipinski definition) is 0. The average Bonchev–Trinajstić information content (AvgIpc) is 2.39. The summed E-state index contributed by atoms with van der Waals surface area (Å²) < 4.78 is 0. The van der Waals surface area contributed by atoms with Crippen molar-refractivity contribution in [2.24, 2.45) is 0 Å². The first-order chi connectivity index (χ1) is 8.33. The molecule has 3 rings (SSSR count). The van der Waals surface area contributed by atoms with E-state index in [-0.39, 0.29) is 0 Å². The Bertz CT molecular complexity index is 537. The van der Waals surface area contributed by atoms with E-state index in [1.54, 1.807) is 0 Å². The first kappa shape index (κ1) is 10.7. The second kappa shape index (κ2) is 4.41. The standard InChI is InChI=1S/C13H12ClN3/c14-10-7-5-9(6-8-10)13-15-11-3-1-2-4-12(11)16-17-13/h5-8H,1-4H2. The van der Waals surface area contributed by atoms with E-state index in [1.807, 2.05) is 24.3 Å². The molecule has 86 valence electrons. The number of hydrogen-bond acceptors (Lipinski definition) is 3. The summed E-state index contributed by atoms with van der Waals surface area (Å²) in [4.78, 5) is 4.60. The van der Waals surface area contributed by atoms with Gasteiger partial charge < -0.3 is 0 Å². The van der Waals surface area contributed by atoms with Crippen LogP contribution >= 0.6 is 11.6 Å². The quantitative estimate of drug-likeness (QED) is 0.775. The molecule has 0 N–H and O–H groups in total. The van der Waals surface area contributed by atoms with Gasteiger partial charge >= 0.3 is 0 Å². The van der Waals surface area contributed by atoms with Crippen LogP contribution < -0.4 is 0 Å². The van der Waals surface area contributed by atoms with Crippen molar-refractivity contribution in [1.82, 2.24) is 15.2 Å². The number of aromatic nitrogens is 3. The molecule has 1 aliphatic rings. The highest BCUT2D eigenvalue weighted by atomic mass is 35.5. The largest absolute Gasteiger partial charge is 0.230 e. The zero-order valence-corrected chi connectivity index (χ0v) is 10.1. The van der Waals surface area contributed by atoms with Gasteiger partial charge in [0.25, 0.3) is 0 Å². The maximum atomic E-state index is 5.86. The molecule has 17 heavy (non-hydrogen) atoms. The zero-order chi connectivity index (χ0) is 11.7. The van der Waals surface area contributed by atoms with Gasteiger partial charge in [0.1, 0.15) is 0 Å². The molecule has 0 spiro atoms. The van der Waals surface area contributed by atoms with Crippen LogP contribution in [0.25, 0.3) is 11.4 Å². The monoisotopic (exact) mass is 245 g/mol. The number of halogens is 1. The highest BCUT2D eigenvalue weighted by Gasteiger charge is 2.14. The molecule has 0 saturated heterocycles. The molecule has 0 unspecified atom stereocenters. The lowest BCUT2D eigenvalue weighted by Crippen LogP contribution is -2.10. The second-order valence-corrected chi connectivity index (χ2v) is 4.68. The van der Waals surface area contributed by atoms with Crippen LogP contribution in [0, 0.1) is 0 Å². The van der Waals surface area contributed by atoms with Crippen molar-refractivity contribution >= 4 is 11.6 Å². The molecule has 1 heterocycles. The van der Waals surface area contributed by atoms with Gasteiger partial charge in [0.05, 0.1) is 11.4 Å². The predicted molar refractivity (Wildman–Crippen MR) is 66.9 cm³/mol. The van der Waals surface area contributed by atoms with Crippen LogP contribution in [0.15, 0.2) is 24.3 Å². The van der Waals surface area contributed by atoms with Gasteiger partial charge in [-0.2, -0.15) is 5.10 Å². The summed E-state index contributed by atoms with van der Waals surface area (Å²) in [5.74, 6) is 0.697. The molecule has 0 amide bonds. The highest BCUT2D eigenvalue weighted by molar-refractivity contribution is 6.30. The van der Waals surface area contributed by atoms with Crippen molar-refractivity contribution < 1.29 is 0 Å². The minimum atomic E-state index is 0.697. The molecule has 0 aliphatic heterocycles. The van der Waals surface area contributed by atoms with Gasteiger partial charge in [-0.15, -0.1) is 5.10 Å². The number of fused-ring (bicyclic) bond motifs is 1. The van der Waals surface area contributed by atoms with Crippen LogP contribution in [0.3, 0.4) is 0 Å². The van der Waals surface area contributed by atoms with E-state index in [4.69, 9.17) is 11.6 Å². The Morgan fingerprint density at radius 1 is 0.882 bits per heavy atom. The molecule has 4 heteroatoms. The SMILES string of the molecule is Clc1ccc(-c2nnc3c(n2)CCCC3)cc1. The van der Waals surface area contributed by atoms with Gasteiger partial charge in [0.15, 0.2) is 5.82 Å². The van der Waals surface area contributed by atoms with Crippen molar-refractivity contribution in [3.63, 3.8) is 0 Å². The van der Waals surface area contributed by atoms with Gasteiger partial charge in [0.2, 0.25) is 0 Å². The predicted octanol–water partition coefficient (Wildman–Crippen LogP) is 3.07. The van der Waals surface area contributed by atoms with Crippen LogP contribution in [0.5, 0.6) is 0 Å². The summed E-state index contributed by atoms with van der Waals surface area (Å²) in [6.45, 7) is 0. The van der Waals surface area contributed by atoms with Crippen molar-refractivity contribution in [1.29, 1.82) is 0 Å². The molecule has 1 aromatic heterocycles. The van der Waals surface area contributed by atoms with E-state index in [9.17, 15) is 0 Å². The van der Waals surface area contributed by atoms with Crippen molar-refractivity contribution in [2.45, 2.75) is 25.7 Å². The maximum absolute atomic E-state index is 5.86. The van der Waals surface area contributed by atoms with E-state index in [1.165, 1.54) is 12.8 Å². The van der Waals surface area contributed by atoms with Gasteiger partial charge in [-0.1, -0.05) is 11.6 Å². The van der Waals surface area contributed by atoms with Crippen LogP contribution in [0.2, 0.25) is 5.02 Å². The lowest BCUT2D eigenvalue weighted by atomic mass is 10.0. The third kappa shape index (κ3) is 2.15. The Morgan fingerprint density at radius 3 is 2.35 bits per heavy atom. The van der Waals surface area contributed by atoms with Gasteiger partial charge in [-0.25, -0.2) is 4.98 Å². The normalized spacial score (nSPS) is 14.4. The Hall–Kier alpha value is -1.48. The van der Waals surface area contributed by atoms with Crippen molar-refractivity contribution in [2.75, 3.05) is 0 Å². The van der Waals surface area contributed by atoms with E-state index in [0.717, 1.165) is 34.8 Å². The lowest BCUT2D eigenvalue weighted by Gasteiger charge is -2.13. The topological polar surface area (TPSA) is 38.7 Å². The number of rotatable bonds is 1. The third-order valence-corrected chi connectivity index (χ3v) is 3.27. The molecule has 1 aliphatic carbocycles. The van der Waals surface area contributed by atoms with Gasteiger partial charge in [-0.3, -0.25) is 0 Å². The maximum Gasteiger partial charge on any atom is 0.182 e. The smallest absolute Gasteiger partial charge is 0.182 e. The Morgan fingerprint density at radius 2 is 1.59 bits per heavy atom. The molecule has 1 aromatic carbocycles. The summed E-state index contributed by atoms with van der Waals surface area (Å²) in [6.07, 6.45) is 4.43. The Kier molecular flexibility index (Phi) is 2.77. The lowest BCUT2D eigenvalue weighted by molar-refractivity contribution is 0.634. The molecule has 0 atom stereocenters. The second-order valence-electron chi connectivity index (χ2n) is 4.24. The van der Waals surface area contributed by atoms with E-state index in [2.05, 4.69) is 15.2 Å². The van der Waals surface area contributed by atoms with Crippen LogP contribution in [0.1, 0.15) is 24.2 Å².